The molecule has 19 heavy (non-hydrogen) atoms. The van der Waals surface area contributed by atoms with Crippen LogP contribution in [0.2, 0.25) is 0 Å². The Labute approximate surface area is 117 Å². The van der Waals surface area contributed by atoms with Crippen LogP contribution in [0.3, 0.4) is 0 Å². The van der Waals surface area contributed by atoms with Gasteiger partial charge < -0.3 is 4.74 Å². The van der Waals surface area contributed by atoms with Crippen LogP contribution in [0.1, 0.15) is 17.5 Å². The maximum absolute atomic E-state index is 10.9. The highest BCUT2D eigenvalue weighted by Gasteiger charge is 2.23. The molecule has 0 radical (unpaired) electrons. The predicted octanol–water partition coefficient (Wildman–Crippen LogP) is 0.456. The minimum absolute atomic E-state index is 0.0524. The molecular weight excluding hydrogens is 286 g/mol. The number of rotatable bonds is 6. The van der Waals surface area contributed by atoms with Crippen LogP contribution in [0.15, 0.2) is 11.6 Å². The Morgan fingerprint density at radius 3 is 3.16 bits per heavy atom. The van der Waals surface area contributed by atoms with Crippen LogP contribution in [0.4, 0.5) is 0 Å². The topological polar surface area (TPSA) is 71.5 Å². The molecule has 1 fully saturated rings. The van der Waals surface area contributed by atoms with E-state index in [1.165, 1.54) is 6.26 Å². The number of aromatic nitrogens is 1. The van der Waals surface area contributed by atoms with Crippen LogP contribution in [0.5, 0.6) is 0 Å². The summed E-state index contributed by atoms with van der Waals surface area (Å²) in [7, 11) is -3.07. The van der Waals surface area contributed by atoms with Gasteiger partial charge in [0.05, 0.1) is 12.9 Å². The van der Waals surface area contributed by atoms with Crippen molar-refractivity contribution in [1.29, 1.82) is 0 Å². The van der Waals surface area contributed by atoms with Crippen LogP contribution >= 0.6 is 11.3 Å². The van der Waals surface area contributed by atoms with E-state index in [0.717, 1.165) is 31.1 Å². The first-order chi connectivity index (χ1) is 9.04. The molecule has 1 N–H and O–H groups in total. The number of sulfonamides is 1. The predicted molar refractivity (Wildman–Crippen MR) is 74.7 cm³/mol. The Morgan fingerprint density at radius 1 is 1.63 bits per heavy atom. The van der Waals surface area contributed by atoms with E-state index in [1.54, 1.807) is 17.5 Å². The van der Waals surface area contributed by atoms with Crippen molar-refractivity contribution in [3.63, 3.8) is 0 Å². The van der Waals surface area contributed by atoms with Crippen molar-refractivity contribution >= 4 is 21.4 Å². The lowest BCUT2D eigenvalue weighted by Gasteiger charge is -2.31. The minimum Gasteiger partial charge on any atom is -0.368 e. The summed E-state index contributed by atoms with van der Waals surface area (Å²) in [4.78, 5) is 6.57. The third kappa shape index (κ3) is 5.15. The number of ether oxygens (including phenoxy) is 1. The SMILES string of the molecule is CS(=O)(=O)NCCCN1CCOC(c2nccs2)C1. The monoisotopic (exact) mass is 305 g/mol. The van der Waals surface area contributed by atoms with Crippen molar-refractivity contribution in [1.82, 2.24) is 14.6 Å². The molecule has 6 nitrogen and oxygen atoms in total. The molecule has 0 spiro atoms. The minimum atomic E-state index is -3.07. The Bertz CT molecular complexity index is 475. The molecule has 1 aromatic rings. The van der Waals surface area contributed by atoms with E-state index >= 15 is 0 Å². The van der Waals surface area contributed by atoms with Crippen molar-refractivity contribution in [2.24, 2.45) is 0 Å². The van der Waals surface area contributed by atoms with Crippen LogP contribution < -0.4 is 4.72 Å². The summed E-state index contributed by atoms with van der Waals surface area (Å²) in [5.41, 5.74) is 0. The average Bonchev–Trinajstić information content (AvgIpc) is 2.88. The first-order valence-corrected chi connectivity index (χ1v) is 9.00. The average molecular weight is 305 g/mol. The fourth-order valence-electron chi connectivity index (χ4n) is 2.01. The zero-order chi connectivity index (χ0) is 13.7. The smallest absolute Gasteiger partial charge is 0.208 e. The lowest BCUT2D eigenvalue weighted by molar-refractivity contribution is -0.0301. The first-order valence-electron chi connectivity index (χ1n) is 6.22. The molecule has 8 heteroatoms. The van der Waals surface area contributed by atoms with E-state index in [2.05, 4.69) is 14.6 Å². The zero-order valence-electron chi connectivity index (χ0n) is 10.9. The van der Waals surface area contributed by atoms with Gasteiger partial charge in [0.15, 0.2) is 0 Å². The third-order valence-electron chi connectivity index (χ3n) is 2.89. The largest absolute Gasteiger partial charge is 0.368 e. The van der Waals surface area contributed by atoms with E-state index in [9.17, 15) is 8.42 Å². The van der Waals surface area contributed by atoms with Gasteiger partial charge in [-0.1, -0.05) is 0 Å². The number of nitrogens with one attached hydrogen (secondary N) is 1. The van der Waals surface area contributed by atoms with Gasteiger partial charge >= 0.3 is 0 Å². The molecule has 1 unspecified atom stereocenters. The van der Waals surface area contributed by atoms with Crippen LogP contribution in [-0.2, 0) is 14.8 Å². The van der Waals surface area contributed by atoms with E-state index < -0.39 is 10.0 Å². The Kier molecular flexibility index (Phi) is 5.28. The second-order valence-corrected chi connectivity index (χ2v) is 7.31. The quantitative estimate of drug-likeness (QED) is 0.773. The third-order valence-corrected chi connectivity index (χ3v) is 4.49. The van der Waals surface area contributed by atoms with E-state index in [1.807, 2.05) is 5.38 Å². The summed E-state index contributed by atoms with van der Waals surface area (Å²) in [5, 5.41) is 2.96. The van der Waals surface area contributed by atoms with Gasteiger partial charge in [0.25, 0.3) is 0 Å². The molecule has 0 amide bonds. The number of hydrogen-bond acceptors (Lipinski definition) is 6. The van der Waals surface area contributed by atoms with E-state index in [0.29, 0.717) is 13.2 Å². The molecule has 1 aliphatic rings. The summed E-state index contributed by atoms with van der Waals surface area (Å²) in [6, 6.07) is 0. The molecule has 1 atom stereocenters. The molecule has 0 aliphatic carbocycles. The fourth-order valence-corrected chi connectivity index (χ4v) is 3.20. The molecule has 2 heterocycles. The van der Waals surface area contributed by atoms with Gasteiger partial charge in [-0.15, -0.1) is 11.3 Å². The maximum Gasteiger partial charge on any atom is 0.208 e. The molecule has 1 saturated heterocycles. The lowest BCUT2D eigenvalue weighted by Crippen LogP contribution is -2.39. The Balaban J connectivity index is 1.73. The summed E-state index contributed by atoms with van der Waals surface area (Å²) < 4.78 is 30.1. The second kappa shape index (κ2) is 6.76. The number of nitrogens with zero attached hydrogens (tertiary/aromatic N) is 2. The van der Waals surface area contributed by atoms with Gasteiger partial charge in [0.2, 0.25) is 10.0 Å². The number of hydrogen-bond donors (Lipinski definition) is 1. The number of morpholine rings is 1. The van der Waals surface area contributed by atoms with Gasteiger partial charge in [-0.2, -0.15) is 0 Å². The van der Waals surface area contributed by atoms with Crippen LogP contribution in [-0.4, -0.2) is 57.3 Å². The fraction of sp³-hybridized carbons (Fsp3) is 0.727. The molecule has 1 aromatic heterocycles. The molecule has 108 valence electrons. The van der Waals surface area contributed by atoms with Crippen molar-refractivity contribution in [2.75, 3.05) is 39.0 Å². The highest BCUT2D eigenvalue weighted by Crippen LogP contribution is 2.23. The highest BCUT2D eigenvalue weighted by atomic mass is 32.2. The summed E-state index contributed by atoms with van der Waals surface area (Å²) in [6.07, 6.45) is 3.83. The Morgan fingerprint density at radius 2 is 2.47 bits per heavy atom. The van der Waals surface area contributed by atoms with Gasteiger partial charge in [-0.3, -0.25) is 4.90 Å². The molecule has 1 aliphatic heterocycles. The van der Waals surface area contributed by atoms with Crippen molar-refractivity contribution < 1.29 is 13.2 Å². The van der Waals surface area contributed by atoms with Crippen molar-refractivity contribution in [3.8, 4) is 0 Å². The molecule has 0 aromatic carbocycles. The Hall–Kier alpha value is -0.540. The molecule has 2 rings (SSSR count). The summed E-state index contributed by atoms with van der Waals surface area (Å²) in [6.45, 7) is 3.77. The molecule has 0 bridgehead atoms. The van der Waals surface area contributed by atoms with E-state index in [-0.39, 0.29) is 6.10 Å². The van der Waals surface area contributed by atoms with E-state index in [4.69, 9.17) is 4.74 Å². The highest BCUT2D eigenvalue weighted by molar-refractivity contribution is 7.88. The van der Waals surface area contributed by atoms with Crippen molar-refractivity contribution in [2.45, 2.75) is 12.5 Å². The normalized spacial score (nSPS) is 21.6. The van der Waals surface area contributed by atoms with Crippen LogP contribution in [0.25, 0.3) is 0 Å². The van der Waals surface area contributed by atoms with Crippen molar-refractivity contribution in [3.05, 3.63) is 16.6 Å². The maximum atomic E-state index is 10.9. The van der Waals surface area contributed by atoms with Crippen LogP contribution in [0, 0.1) is 0 Å². The van der Waals surface area contributed by atoms with Gasteiger partial charge in [-0.05, 0) is 13.0 Å². The number of thiazole rings is 1. The lowest BCUT2D eigenvalue weighted by atomic mass is 10.2. The standard InChI is InChI=1S/C11H19N3O3S2/c1-19(15,16)13-3-2-5-14-6-7-17-10(9-14)11-12-4-8-18-11/h4,8,10,13H,2-3,5-7,9H2,1H3. The molecular formula is C11H19N3O3S2. The van der Waals surface area contributed by atoms with Gasteiger partial charge in [0, 0.05) is 31.2 Å². The van der Waals surface area contributed by atoms with Gasteiger partial charge in [0.1, 0.15) is 11.1 Å². The first kappa shape index (κ1) is 14.9. The summed E-state index contributed by atoms with van der Waals surface area (Å²) >= 11 is 1.61. The molecule has 0 saturated carbocycles. The van der Waals surface area contributed by atoms with Gasteiger partial charge in [-0.25, -0.2) is 18.1 Å². The summed E-state index contributed by atoms with van der Waals surface area (Å²) in [5.74, 6) is 0. The zero-order valence-corrected chi connectivity index (χ0v) is 12.5. The second-order valence-electron chi connectivity index (χ2n) is 4.55.